The summed E-state index contributed by atoms with van der Waals surface area (Å²) in [6.45, 7) is 0. The maximum absolute atomic E-state index is 5.75. The van der Waals surface area contributed by atoms with E-state index in [-0.39, 0.29) is 0 Å². The standard InChI is InChI=1S/C62H37N7/c1-2-16-38(17-3-1)66-56-34-31-40(67-54-28-14-15-29-55(54)68-53-27-13-11-25-51(53)63-61(67)68)37-58(56)69-57-35-33-49-48-24-10-12-26-52(48)65(60(49)59(57)64-62(66)69)39-30-32-47-45-22-7-6-20-43(45)41-18-4-5-19-42(41)44-21-8-9-23-46(44)50(47)36-39/h1-37H. The molecule has 16 rings (SSSR count). The first-order chi connectivity index (χ1) is 34.3. The number of para-hydroxylation sites is 6. The molecule has 320 valence electrons. The van der Waals surface area contributed by atoms with E-state index < -0.39 is 0 Å². The Balaban J connectivity index is 0.997. The molecule has 0 spiro atoms. The molecule has 0 saturated heterocycles. The van der Waals surface area contributed by atoms with E-state index in [4.69, 9.17) is 9.97 Å². The number of hydrogen-bond donors (Lipinski definition) is 0. The van der Waals surface area contributed by atoms with Gasteiger partial charge in [-0.1, -0.05) is 140 Å². The van der Waals surface area contributed by atoms with Gasteiger partial charge in [-0.3, -0.25) is 17.9 Å². The van der Waals surface area contributed by atoms with Crippen molar-refractivity contribution in [1.29, 1.82) is 0 Å². The molecule has 0 saturated carbocycles. The molecule has 1 aliphatic carbocycles. The van der Waals surface area contributed by atoms with Crippen molar-refractivity contribution in [3.8, 4) is 61.6 Å². The monoisotopic (exact) mass is 879 g/mol. The molecule has 0 aliphatic heterocycles. The van der Waals surface area contributed by atoms with E-state index >= 15 is 0 Å². The smallest absolute Gasteiger partial charge is 0.220 e. The van der Waals surface area contributed by atoms with Crippen LogP contribution in [0.25, 0.3) is 139 Å². The second-order valence-electron chi connectivity index (χ2n) is 18.2. The second kappa shape index (κ2) is 13.6. The van der Waals surface area contributed by atoms with E-state index in [1.807, 2.05) is 0 Å². The fourth-order valence-corrected chi connectivity index (χ4v) is 11.8. The summed E-state index contributed by atoms with van der Waals surface area (Å²) in [7, 11) is 0. The third-order valence-electron chi connectivity index (χ3n) is 14.7. The van der Waals surface area contributed by atoms with Gasteiger partial charge < -0.3 is 4.57 Å². The lowest BCUT2D eigenvalue weighted by Crippen LogP contribution is -2.00. The van der Waals surface area contributed by atoms with Gasteiger partial charge in [0.05, 0.1) is 55.3 Å². The van der Waals surface area contributed by atoms with Crippen molar-refractivity contribution in [2.75, 3.05) is 0 Å². The van der Waals surface area contributed by atoms with Crippen molar-refractivity contribution in [1.82, 2.24) is 32.5 Å². The van der Waals surface area contributed by atoms with Crippen LogP contribution in [0.5, 0.6) is 0 Å². The molecule has 7 heteroatoms. The minimum Gasteiger partial charge on any atom is -0.307 e. The van der Waals surface area contributed by atoms with Crippen LogP contribution in [0, 0.1) is 0 Å². The Morgan fingerprint density at radius 1 is 0.261 bits per heavy atom. The first-order valence-electron chi connectivity index (χ1n) is 23.5. The quantitative estimate of drug-likeness (QED) is 0.177. The van der Waals surface area contributed by atoms with Gasteiger partial charge in [-0.2, -0.15) is 0 Å². The number of rotatable bonds is 3. The lowest BCUT2D eigenvalue weighted by atomic mass is 9.81. The predicted octanol–water partition coefficient (Wildman–Crippen LogP) is 15.3. The van der Waals surface area contributed by atoms with Gasteiger partial charge in [-0.25, -0.2) is 9.97 Å². The highest BCUT2D eigenvalue weighted by Gasteiger charge is 2.26. The van der Waals surface area contributed by atoms with Crippen molar-refractivity contribution in [3.05, 3.63) is 224 Å². The number of nitrogens with zero attached hydrogens (tertiary/aromatic N) is 7. The molecule has 10 aromatic carbocycles. The van der Waals surface area contributed by atoms with Gasteiger partial charge in [-0.15, -0.1) is 0 Å². The Hall–Kier alpha value is -9.46. The van der Waals surface area contributed by atoms with E-state index in [0.29, 0.717) is 0 Å². The normalized spacial score (nSPS) is 12.3. The third-order valence-corrected chi connectivity index (χ3v) is 14.7. The van der Waals surface area contributed by atoms with Gasteiger partial charge in [-0.05, 0) is 129 Å². The fourth-order valence-electron chi connectivity index (χ4n) is 11.8. The molecule has 0 unspecified atom stereocenters. The molecule has 1 aliphatic rings. The molecule has 0 amide bonds. The lowest BCUT2D eigenvalue weighted by Gasteiger charge is -2.24. The lowest BCUT2D eigenvalue weighted by molar-refractivity contribution is 1.11. The Morgan fingerprint density at radius 2 is 0.754 bits per heavy atom. The summed E-state index contributed by atoms with van der Waals surface area (Å²) < 4.78 is 11.7. The van der Waals surface area contributed by atoms with Gasteiger partial charge in [0, 0.05) is 22.1 Å². The minimum absolute atomic E-state index is 0.851. The molecule has 5 heterocycles. The van der Waals surface area contributed by atoms with Crippen LogP contribution in [-0.2, 0) is 0 Å². The molecule has 0 fully saturated rings. The summed E-state index contributed by atoms with van der Waals surface area (Å²) in [5.41, 5.74) is 23.5. The van der Waals surface area contributed by atoms with E-state index in [1.54, 1.807) is 0 Å². The van der Waals surface area contributed by atoms with Crippen LogP contribution in [0.4, 0.5) is 0 Å². The summed E-state index contributed by atoms with van der Waals surface area (Å²) >= 11 is 0. The van der Waals surface area contributed by atoms with Crippen LogP contribution in [0.15, 0.2) is 224 Å². The highest BCUT2D eigenvalue weighted by molar-refractivity contribution is 6.18. The molecular weight excluding hydrogens is 843 g/mol. The Labute approximate surface area is 394 Å². The Morgan fingerprint density at radius 3 is 1.48 bits per heavy atom. The van der Waals surface area contributed by atoms with E-state index in [0.717, 1.165) is 89.2 Å². The molecule has 0 atom stereocenters. The zero-order valence-electron chi connectivity index (χ0n) is 37.0. The topological polar surface area (TPSA) is 49.4 Å². The molecular formula is C62H37N7. The fraction of sp³-hybridized carbons (Fsp3) is 0. The summed E-state index contributed by atoms with van der Waals surface area (Å²) in [6, 6.07) is 81.4. The van der Waals surface area contributed by atoms with E-state index in [1.165, 1.54) is 49.9 Å². The number of fused-ring (bicyclic) bond motifs is 22. The molecule has 0 N–H and O–H groups in total. The van der Waals surface area contributed by atoms with Crippen LogP contribution in [-0.4, -0.2) is 32.5 Å². The van der Waals surface area contributed by atoms with Crippen LogP contribution >= 0.6 is 0 Å². The average molecular weight is 880 g/mol. The highest BCUT2D eigenvalue weighted by atomic mass is 15.2. The number of imidazole rings is 4. The van der Waals surface area contributed by atoms with Gasteiger partial charge in [0.1, 0.15) is 5.52 Å². The van der Waals surface area contributed by atoms with Crippen molar-refractivity contribution in [3.63, 3.8) is 0 Å². The molecule has 0 bridgehead atoms. The molecule has 7 nitrogen and oxygen atoms in total. The van der Waals surface area contributed by atoms with Crippen LogP contribution in [0.2, 0.25) is 0 Å². The van der Waals surface area contributed by atoms with Crippen molar-refractivity contribution >= 4 is 77.5 Å². The summed E-state index contributed by atoms with van der Waals surface area (Å²) in [6.07, 6.45) is 0. The summed E-state index contributed by atoms with van der Waals surface area (Å²) in [5, 5.41) is 2.35. The zero-order valence-corrected chi connectivity index (χ0v) is 37.0. The zero-order chi connectivity index (χ0) is 44.9. The highest BCUT2D eigenvalue weighted by Crippen LogP contribution is 2.49. The number of benzene rings is 10. The molecule has 5 aromatic heterocycles. The van der Waals surface area contributed by atoms with Gasteiger partial charge in [0.2, 0.25) is 11.6 Å². The largest absolute Gasteiger partial charge is 0.307 e. The third kappa shape index (κ3) is 4.89. The van der Waals surface area contributed by atoms with E-state index in [2.05, 4.69) is 247 Å². The van der Waals surface area contributed by atoms with Gasteiger partial charge in [0.25, 0.3) is 0 Å². The SMILES string of the molecule is c1ccc(-n2c3ccc(-n4c5ccccc5n5c6ccccc6nc45)cc3n3c4ccc5c6ccccc6n(-c6ccc7c(c6)-c6ccccc6-c6ccccc6-c6ccccc6-7)c5c4nc23)cc1. The first kappa shape index (κ1) is 36.7. The Kier molecular flexibility index (Phi) is 7.22. The minimum atomic E-state index is 0.851. The second-order valence-corrected chi connectivity index (χ2v) is 18.2. The molecule has 69 heavy (non-hydrogen) atoms. The predicted molar refractivity (Wildman–Crippen MR) is 282 cm³/mol. The number of hydrogen-bond acceptors (Lipinski definition) is 2. The summed E-state index contributed by atoms with van der Waals surface area (Å²) in [5.74, 6) is 1.73. The maximum atomic E-state index is 5.75. The van der Waals surface area contributed by atoms with E-state index in [9.17, 15) is 0 Å². The van der Waals surface area contributed by atoms with Crippen LogP contribution < -0.4 is 0 Å². The molecule has 15 aromatic rings. The van der Waals surface area contributed by atoms with Crippen molar-refractivity contribution < 1.29 is 0 Å². The van der Waals surface area contributed by atoms with Crippen LogP contribution in [0.3, 0.4) is 0 Å². The van der Waals surface area contributed by atoms with Gasteiger partial charge >= 0.3 is 0 Å². The van der Waals surface area contributed by atoms with Crippen LogP contribution in [0.1, 0.15) is 0 Å². The Bertz CT molecular complexity index is 4660. The average Bonchev–Trinajstić information content (AvgIpc) is 4.21. The van der Waals surface area contributed by atoms with Gasteiger partial charge in [0.15, 0.2) is 0 Å². The van der Waals surface area contributed by atoms with Crippen molar-refractivity contribution in [2.45, 2.75) is 0 Å². The number of aromatic nitrogens is 7. The maximum Gasteiger partial charge on any atom is 0.220 e. The summed E-state index contributed by atoms with van der Waals surface area (Å²) in [4.78, 5) is 11.0. The molecule has 0 radical (unpaired) electrons. The van der Waals surface area contributed by atoms with Crippen molar-refractivity contribution in [2.24, 2.45) is 0 Å². The first-order valence-corrected chi connectivity index (χ1v) is 23.5.